The van der Waals surface area contributed by atoms with E-state index in [1.165, 1.54) is 37.3 Å². The van der Waals surface area contributed by atoms with E-state index in [1.807, 2.05) is 0 Å². The molecule has 0 fully saturated rings. The Hall–Kier alpha value is -4.78. The molecule has 1 aliphatic rings. The highest BCUT2D eigenvalue weighted by Crippen LogP contribution is 2.46. The van der Waals surface area contributed by atoms with E-state index in [9.17, 15) is 29.0 Å². The Morgan fingerprint density at radius 1 is 1.15 bits per heavy atom. The van der Waals surface area contributed by atoms with Crippen LogP contribution in [-0.4, -0.2) is 68.7 Å². The van der Waals surface area contributed by atoms with Gasteiger partial charge in [-0.3, -0.25) is 19.4 Å². The number of aromatic nitrogens is 2. The highest BCUT2D eigenvalue weighted by Gasteiger charge is 2.45. The number of carbonyl (C=O) groups is 3. The zero-order valence-electron chi connectivity index (χ0n) is 26.0. The first kappa shape index (κ1) is 33.6. The third-order valence-electron chi connectivity index (χ3n) is 8.47. The van der Waals surface area contributed by atoms with Gasteiger partial charge in [0.2, 0.25) is 5.91 Å². The number of aliphatic hydroxyl groups excluding tert-OH is 2. The van der Waals surface area contributed by atoms with Crippen LogP contribution in [0.15, 0.2) is 60.8 Å². The van der Waals surface area contributed by atoms with Gasteiger partial charge in [0.1, 0.15) is 52.8 Å². The van der Waals surface area contributed by atoms with Crippen LogP contribution >= 0.6 is 0 Å². The molecule has 3 atom stereocenters. The van der Waals surface area contributed by atoms with Crippen LogP contribution in [0.25, 0.3) is 22.2 Å². The van der Waals surface area contributed by atoms with Crippen LogP contribution < -0.4 is 15.2 Å². The Bertz CT molecular complexity index is 1830. The summed E-state index contributed by atoms with van der Waals surface area (Å²) in [6.45, 7) is 2.36. The molecule has 4 aromatic rings. The molecule has 2 aromatic carbocycles. The molecule has 246 valence electrons. The van der Waals surface area contributed by atoms with Crippen molar-refractivity contribution in [2.24, 2.45) is 5.73 Å². The van der Waals surface area contributed by atoms with Gasteiger partial charge in [-0.2, -0.15) is 0 Å². The maximum atomic E-state index is 13.7. The molecule has 0 unspecified atom stereocenters. The minimum absolute atomic E-state index is 0.00507. The molecule has 0 bridgehead atoms. The summed E-state index contributed by atoms with van der Waals surface area (Å²) in [5.41, 5.74) is 5.05. The fourth-order valence-electron chi connectivity index (χ4n) is 5.38. The number of carbonyl (C=O) groups excluding carboxylic acids is 3. The van der Waals surface area contributed by atoms with Crippen molar-refractivity contribution in [3.63, 3.8) is 0 Å². The second-order valence-electron chi connectivity index (χ2n) is 12.2. The van der Waals surface area contributed by atoms with Crippen LogP contribution in [0.1, 0.15) is 61.1 Å². The molecule has 0 saturated heterocycles. The summed E-state index contributed by atoms with van der Waals surface area (Å²) in [4.78, 5) is 47.4. The van der Waals surface area contributed by atoms with E-state index in [4.69, 9.17) is 20.3 Å². The lowest BCUT2D eigenvalue weighted by atomic mass is 9.81. The van der Waals surface area contributed by atoms with Gasteiger partial charge < -0.3 is 30.5 Å². The molecule has 2 aromatic heterocycles. The van der Waals surface area contributed by atoms with Gasteiger partial charge in [-0.15, -0.1) is 0 Å². The number of halogens is 1. The summed E-state index contributed by atoms with van der Waals surface area (Å²) in [6.07, 6.45) is 0.500. The number of aliphatic hydroxyl groups is 3. The van der Waals surface area contributed by atoms with E-state index in [0.29, 0.717) is 33.5 Å². The largest absolute Gasteiger partial charge is 0.489 e. The number of rotatable bonds is 14. The molecule has 5 N–H and O–H groups in total. The van der Waals surface area contributed by atoms with Gasteiger partial charge in [0, 0.05) is 41.1 Å². The van der Waals surface area contributed by atoms with Crippen molar-refractivity contribution >= 4 is 28.4 Å². The number of ether oxygens (including phenoxy) is 2. The van der Waals surface area contributed by atoms with E-state index in [-0.39, 0.29) is 67.5 Å². The molecule has 12 heteroatoms. The molecule has 3 heterocycles. The van der Waals surface area contributed by atoms with Crippen molar-refractivity contribution in [3.05, 3.63) is 83.4 Å². The van der Waals surface area contributed by atoms with E-state index < -0.39 is 35.5 Å². The number of nitrogens with two attached hydrogens (primary N) is 1. The highest BCUT2D eigenvalue weighted by atomic mass is 19.1. The van der Waals surface area contributed by atoms with Crippen molar-refractivity contribution in [3.8, 4) is 22.8 Å². The molecule has 1 aliphatic heterocycles. The Labute approximate surface area is 270 Å². The van der Waals surface area contributed by atoms with Gasteiger partial charge in [-0.25, -0.2) is 9.37 Å². The van der Waals surface area contributed by atoms with Crippen LogP contribution in [0.2, 0.25) is 0 Å². The highest BCUT2D eigenvalue weighted by molar-refractivity contribution is 6.01. The number of hydrogen-bond acceptors (Lipinski definition) is 10. The normalized spacial score (nSPS) is 17.4. The van der Waals surface area contributed by atoms with E-state index in [1.54, 1.807) is 37.4 Å². The zero-order valence-corrected chi connectivity index (χ0v) is 26.0. The number of Topliss-reactive ketones (excluding diaryl/α,β-unsaturated/α-hetero) is 2. The predicted molar refractivity (Wildman–Crippen MR) is 169 cm³/mol. The van der Waals surface area contributed by atoms with E-state index in [2.05, 4.69) is 9.97 Å². The fraction of sp³-hybridized carbons (Fsp3) is 0.343. The van der Waals surface area contributed by atoms with Crippen LogP contribution in [0.4, 0.5) is 4.39 Å². The van der Waals surface area contributed by atoms with Gasteiger partial charge in [0.25, 0.3) is 0 Å². The number of benzene rings is 2. The van der Waals surface area contributed by atoms with Crippen LogP contribution in [0.3, 0.4) is 0 Å². The number of amides is 1. The molecule has 0 radical (unpaired) electrons. The van der Waals surface area contributed by atoms with Crippen molar-refractivity contribution in [2.45, 2.75) is 56.7 Å². The molecule has 11 nitrogen and oxygen atoms in total. The summed E-state index contributed by atoms with van der Waals surface area (Å²) in [5.74, 6) is -1.14. The van der Waals surface area contributed by atoms with Gasteiger partial charge in [0.05, 0.1) is 18.4 Å². The van der Waals surface area contributed by atoms with Crippen molar-refractivity contribution < 1.29 is 43.6 Å². The summed E-state index contributed by atoms with van der Waals surface area (Å²) in [5, 5.41) is 30.8. The third kappa shape index (κ3) is 7.14. The number of pyridine rings is 2. The first-order valence-electron chi connectivity index (χ1n) is 15.1. The smallest absolute Gasteiger partial charge is 0.231 e. The van der Waals surface area contributed by atoms with Crippen LogP contribution in [0, 0.1) is 5.82 Å². The number of hydrogen-bond donors (Lipinski definition) is 4. The lowest BCUT2D eigenvalue weighted by molar-refractivity contribution is -0.123. The predicted octanol–water partition coefficient (Wildman–Crippen LogP) is 3.52. The number of nitrogens with zero attached hydrogens (tertiary/aromatic N) is 2. The molecular formula is C35H36FN3O8. The molecular weight excluding hydrogens is 609 g/mol. The summed E-state index contributed by atoms with van der Waals surface area (Å²) < 4.78 is 25.4. The summed E-state index contributed by atoms with van der Waals surface area (Å²) in [6, 6.07) is 13.7. The average Bonchev–Trinajstić information content (AvgIpc) is 3.42. The third-order valence-corrected chi connectivity index (χ3v) is 8.47. The molecule has 0 spiro atoms. The number of ketones is 2. The number of primary amides is 1. The molecule has 5 rings (SSSR count). The van der Waals surface area contributed by atoms with Crippen LogP contribution in [0.5, 0.6) is 11.5 Å². The van der Waals surface area contributed by atoms with Gasteiger partial charge >= 0.3 is 0 Å². The van der Waals surface area contributed by atoms with E-state index in [0.717, 1.165) is 0 Å². The van der Waals surface area contributed by atoms with E-state index >= 15 is 0 Å². The van der Waals surface area contributed by atoms with Crippen molar-refractivity contribution in [1.29, 1.82) is 0 Å². The Morgan fingerprint density at radius 3 is 2.60 bits per heavy atom. The van der Waals surface area contributed by atoms with Gasteiger partial charge in [-0.05, 0) is 75.2 Å². The number of fused-ring (bicyclic) bond motifs is 2. The second kappa shape index (κ2) is 13.5. The van der Waals surface area contributed by atoms with Gasteiger partial charge in [-0.1, -0.05) is 6.07 Å². The SMILES string of the molecule is C[C@](O)(CCC(=O)c1cc(OCC(=O)CC[C@H](O)CO)c2ncccc2c1)c1cc2c(c(-c3ccc(F)cc3)n1)OC[C@]2(C)C(N)=O. The fourth-order valence-corrected chi connectivity index (χ4v) is 5.38. The van der Waals surface area contributed by atoms with Crippen molar-refractivity contribution in [2.75, 3.05) is 19.8 Å². The maximum Gasteiger partial charge on any atom is 0.231 e. The zero-order chi connectivity index (χ0) is 33.9. The molecule has 0 aliphatic carbocycles. The van der Waals surface area contributed by atoms with Crippen molar-refractivity contribution in [1.82, 2.24) is 9.97 Å². The lowest BCUT2D eigenvalue weighted by Gasteiger charge is -2.26. The van der Waals surface area contributed by atoms with Crippen LogP contribution in [-0.2, 0) is 20.6 Å². The maximum absolute atomic E-state index is 13.7. The molecule has 47 heavy (non-hydrogen) atoms. The minimum Gasteiger partial charge on any atom is -0.489 e. The summed E-state index contributed by atoms with van der Waals surface area (Å²) >= 11 is 0. The first-order valence-corrected chi connectivity index (χ1v) is 15.1. The monoisotopic (exact) mass is 645 g/mol. The first-order chi connectivity index (χ1) is 22.3. The lowest BCUT2D eigenvalue weighted by Crippen LogP contribution is -2.40. The molecule has 0 saturated carbocycles. The van der Waals surface area contributed by atoms with Gasteiger partial charge in [0.15, 0.2) is 11.6 Å². The average molecular weight is 646 g/mol. The second-order valence-corrected chi connectivity index (χ2v) is 12.2. The standard InChI is InChI=1S/C35H36FN3O8/c1-34(33(37)44)19-47-32-26(34)16-29(39-31(32)20-5-7-23(36)8-6-20)35(2,45)12-11-27(43)22-14-21-4-3-13-38-30(21)28(15-22)46-18-25(42)10-9-24(41)17-40/h3-8,13-16,24,40-41,45H,9-12,17-19H2,1-2H3,(H2,37,44)/t24-,34-,35-/m0/s1. The Morgan fingerprint density at radius 2 is 1.89 bits per heavy atom. The minimum atomic E-state index is -1.65. The molecule has 1 amide bonds. The Kier molecular flexibility index (Phi) is 9.66. The topological polar surface area (TPSA) is 182 Å². The quantitative estimate of drug-likeness (QED) is 0.148. The Balaban J connectivity index is 1.40. The summed E-state index contributed by atoms with van der Waals surface area (Å²) in [7, 11) is 0.